The third-order valence-electron chi connectivity index (χ3n) is 13.7. The van der Waals surface area contributed by atoms with E-state index in [4.69, 9.17) is 4.74 Å². The number of nitrogens with zero attached hydrogens (tertiary/aromatic N) is 3. The average Bonchev–Trinajstić information content (AvgIpc) is 3.47. The fourth-order valence-electron chi connectivity index (χ4n) is 11.3. The highest BCUT2D eigenvalue weighted by molar-refractivity contribution is 5.38. The van der Waals surface area contributed by atoms with Crippen LogP contribution in [0.15, 0.2) is 22.8 Å². The Morgan fingerprint density at radius 2 is 1.80 bits per heavy atom. The molecule has 5 fully saturated rings. The Bertz CT molecular complexity index is 1030. The second-order valence-corrected chi connectivity index (χ2v) is 15.5. The van der Waals surface area contributed by atoms with Crippen LogP contribution in [-0.2, 0) is 4.74 Å². The molecule has 5 heteroatoms. The molecule has 2 saturated carbocycles. The van der Waals surface area contributed by atoms with Gasteiger partial charge in [-0.3, -0.25) is 9.80 Å². The first kappa shape index (κ1) is 28.1. The van der Waals surface area contributed by atoms with Crippen LogP contribution in [0.2, 0.25) is 0 Å². The summed E-state index contributed by atoms with van der Waals surface area (Å²) in [4.78, 5) is 8.17. The number of piperidine rings is 1. The predicted molar refractivity (Wildman–Crippen MR) is 162 cm³/mol. The molecule has 0 bridgehead atoms. The zero-order valence-electron chi connectivity index (χ0n) is 26.2. The highest BCUT2D eigenvalue weighted by Crippen LogP contribution is 2.65. The summed E-state index contributed by atoms with van der Waals surface area (Å²) in [7, 11) is 0. The quantitative estimate of drug-likeness (QED) is 0.477. The molecule has 7 rings (SSSR count). The molecule has 0 amide bonds. The van der Waals surface area contributed by atoms with Gasteiger partial charge in [0, 0.05) is 57.8 Å². The van der Waals surface area contributed by atoms with Crippen LogP contribution in [0.25, 0.3) is 0 Å². The normalized spacial score (nSPS) is 48.1. The fourth-order valence-corrected chi connectivity index (χ4v) is 11.3. The number of rotatable bonds is 4. The lowest BCUT2D eigenvalue weighted by molar-refractivity contribution is -0.0655. The molecule has 1 spiro atoms. The van der Waals surface area contributed by atoms with Crippen molar-refractivity contribution >= 4 is 0 Å². The molecule has 5 nitrogen and oxygen atoms in total. The number of ether oxygens (including phenoxy) is 1. The first-order valence-electron chi connectivity index (χ1n) is 17.2. The van der Waals surface area contributed by atoms with Gasteiger partial charge in [0.05, 0.1) is 17.8 Å². The summed E-state index contributed by atoms with van der Waals surface area (Å²) in [6.07, 6.45) is 12.2. The number of likely N-dealkylation sites (tertiary alicyclic amines) is 1. The van der Waals surface area contributed by atoms with Crippen molar-refractivity contribution < 1.29 is 9.84 Å². The zero-order valence-corrected chi connectivity index (χ0v) is 26.2. The summed E-state index contributed by atoms with van der Waals surface area (Å²) < 4.78 is 7.38. The maximum absolute atomic E-state index is 10.4. The zero-order chi connectivity index (χ0) is 27.8. The molecule has 40 heavy (non-hydrogen) atoms. The number of likely N-dealkylation sites (N-methyl/N-ethyl adjacent to an activating group) is 1. The molecule has 7 aliphatic rings. The Hall–Kier alpha value is -0.720. The number of hydrogen-bond acceptors (Lipinski definition) is 5. The van der Waals surface area contributed by atoms with Gasteiger partial charge in [-0.1, -0.05) is 44.9 Å². The van der Waals surface area contributed by atoms with Crippen LogP contribution in [0.1, 0.15) is 86.0 Å². The Kier molecular flexibility index (Phi) is 7.35. The number of fused-ring (bicyclic) bond motifs is 6. The minimum Gasteiger partial charge on any atom is -0.393 e. The van der Waals surface area contributed by atoms with Crippen LogP contribution >= 0.6 is 0 Å². The summed E-state index contributed by atoms with van der Waals surface area (Å²) in [5.41, 5.74) is 5.26. The van der Waals surface area contributed by atoms with Gasteiger partial charge in [-0.05, 0) is 99.5 Å². The van der Waals surface area contributed by atoms with Crippen LogP contribution in [0.5, 0.6) is 0 Å². The summed E-state index contributed by atoms with van der Waals surface area (Å²) in [5, 5.41) is 10.4. The van der Waals surface area contributed by atoms with Gasteiger partial charge in [0.15, 0.2) is 0 Å². The smallest absolute Gasteiger partial charge is 0.0937 e. The van der Waals surface area contributed by atoms with Crippen molar-refractivity contribution in [2.24, 2.45) is 35.0 Å². The van der Waals surface area contributed by atoms with E-state index < -0.39 is 0 Å². The van der Waals surface area contributed by atoms with Crippen molar-refractivity contribution in [3.63, 3.8) is 0 Å². The minimum atomic E-state index is -0.119. The van der Waals surface area contributed by atoms with Gasteiger partial charge in [-0.2, -0.15) is 0 Å². The van der Waals surface area contributed by atoms with Crippen molar-refractivity contribution in [1.29, 1.82) is 0 Å². The van der Waals surface area contributed by atoms with Gasteiger partial charge in [0.2, 0.25) is 0 Å². The Morgan fingerprint density at radius 3 is 2.58 bits per heavy atom. The fraction of sp³-hybridized carbons (Fsp3) is 0.886. The third-order valence-corrected chi connectivity index (χ3v) is 13.7. The van der Waals surface area contributed by atoms with E-state index in [1.54, 1.807) is 16.7 Å². The Morgan fingerprint density at radius 1 is 1.02 bits per heavy atom. The Balaban J connectivity index is 1.10. The summed E-state index contributed by atoms with van der Waals surface area (Å²) >= 11 is 0. The highest BCUT2D eigenvalue weighted by Gasteiger charge is 2.61. The van der Waals surface area contributed by atoms with Crippen LogP contribution < -0.4 is 0 Å². The molecule has 3 saturated heterocycles. The molecule has 3 heterocycles. The molecular weight excluding hydrogens is 494 g/mol. The van der Waals surface area contributed by atoms with E-state index >= 15 is 0 Å². The molecule has 3 aliphatic heterocycles. The van der Waals surface area contributed by atoms with E-state index in [-0.39, 0.29) is 11.7 Å². The number of piperazine rings is 1. The molecular formula is C35H57N3O2. The van der Waals surface area contributed by atoms with Crippen molar-refractivity contribution in [3.05, 3.63) is 22.8 Å². The van der Waals surface area contributed by atoms with Crippen molar-refractivity contribution in [2.75, 3.05) is 52.4 Å². The molecule has 0 aromatic carbocycles. The molecule has 0 aromatic rings. The monoisotopic (exact) mass is 551 g/mol. The van der Waals surface area contributed by atoms with E-state index in [1.807, 2.05) is 0 Å². The second kappa shape index (κ2) is 10.5. The lowest BCUT2D eigenvalue weighted by Crippen LogP contribution is -2.55. The van der Waals surface area contributed by atoms with Gasteiger partial charge in [0.25, 0.3) is 0 Å². The minimum absolute atomic E-state index is 0.0519. The third kappa shape index (κ3) is 4.34. The highest BCUT2D eigenvalue weighted by atomic mass is 16.5. The molecule has 224 valence electrons. The number of aliphatic hydroxyl groups is 1. The number of aliphatic hydroxyl groups excluding tert-OH is 1. The van der Waals surface area contributed by atoms with E-state index in [1.165, 1.54) is 90.9 Å². The van der Waals surface area contributed by atoms with Crippen LogP contribution in [0, 0.1) is 35.0 Å². The van der Waals surface area contributed by atoms with E-state index in [2.05, 4.69) is 55.4 Å². The van der Waals surface area contributed by atoms with Crippen LogP contribution in [0.3, 0.4) is 0 Å². The standard InChI is InChI=1S/C35H57N3O2/c1-6-36-13-15-37(16-14-36)17-18-38-22-23(2)19-32-33(38)25(4)35(40-32)12-10-28-29-8-7-26-20-27(39)9-11-34(26,5)31(29)21-30(28)24(35)3/h7,23,25,27-29,31-33,39H,6,8-22H2,1-5H3/t23-,25+,27-,28-,29-,31-,32+,33-,34-,35-/m0/s1. The lowest BCUT2D eigenvalue weighted by Gasteiger charge is -2.49. The molecule has 0 radical (unpaired) electrons. The first-order chi connectivity index (χ1) is 19.2. The van der Waals surface area contributed by atoms with Crippen LogP contribution in [0.4, 0.5) is 0 Å². The molecule has 4 aliphatic carbocycles. The topological polar surface area (TPSA) is 39.2 Å². The van der Waals surface area contributed by atoms with Crippen LogP contribution in [-0.4, -0.2) is 96.0 Å². The number of allylic oxidation sites excluding steroid dienone is 2. The van der Waals surface area contributed by atoms with Gasteiger partial charge in [-0.25, -0.2) is 0 Å². The van der Waals surface area contributed by atoms with Crippen molar-refractivity contribution in [2.45, 2.75) is 110 Å². The first-order valence-corrected chi connectivity index (χ1v) is 17.2. The van der Waals surface area contributed by atoms with Gasteiger partial charge in [0.1, 0.15) is 0 Å². The van der Waals surface area contributed by atoms with E-state index in [0.717, 1.165) is 30.6 Å². The van der Waals surface area contributed by atoms with Crippen molar-refractivity contribution in [1.82, 2.24) is 14.7 Å². The van der Waals surface area contributed by atoms with E-state index in [9.17, 15) is 5.11 Å². The number of hydrogen-bond donors (Lipinski definition) is 1. The molecule has 0 unspecified atom stereocenters. The Labute approximate surface area is 244 Å². The molecule has 10 atom stereocenters. The average molecular weight is 552 g/mol. The largest absolute Gasteiger partial charge is 0.393 e. The second-order valence-electron chi connectivity index (χ2n) is 15.5. The van der Waals surface area contributed by atoms with Gasteiger partial charge in [-0.15, -0.1) is 0 Å². The lowest BCUT2D eigenvalue weighted by atomic mass is 9.56. The molecule has 0 aromatic heterocycles. The van der Waals surface area contributed by atoms with E-state index in [0.29, 0.717) is 29.4 Å². The van der Waals surface area contributed by atoms with Gasteiger partial charge < -0.3 is 14.7 Å². The molecule has 1 N–H and O–H groups in total. The maximum Gasteiger partial charge on any atom is 0.0937 e. The summed E-state index contributed by atoms with van der Waals surface area (Å²) in [6.45, 7) is 22.1. The SMILES string of the molecule is CCN1CCN(CCN2C[C@@H](C)C[C@H]3O[C@]4(CC[C@@H]5C(=C4C)C[C@H]4[C@H]5CC=C5C[C@@H](O)CC[C@@]54C)[C@H](C)[C@@H]32)CC1. The summed E-state index contributed by atoms with van der Waals surface area (Å²) in [5.74, 6) is 3.59. The maximum atomic E-state index is 10.4. The van der Waals surface area contributed by atoms with Crippen molar-refractivity contribution in [3.8, 4) is 0 Å². The predicted octanol–water partition coefficient (Wildman–Crippen LogP) is 5.35. The summed E-state index contributed by atoms with van der Waals surface area (Å²) in [6, 6.07) is 0.564. The van der Waals surface area contributed by atoms with Gasteiger partial charge >= 0.3 is 0 Å².